The van der Waals surface area contributed by atoms with Crippen LogP contribution in [0.25, 0.3) is 0 Å². The summed E-state index contributed by atoms with van der Waals surface area (Å²) < 4.78 is 59.9. The number of rotatable bonds is 8. The molecule has 0 radical (unpaired) electrons. The van der Waals surface area contributed by atoms with Crippen LogP contribution in [-0.4, -0.2) is 69.4 Å². The second-order valence-electron chi connectivity index (χ2n) is 8.59. The fraction of sp³-hybridized carbons (Fsp3) is 0.571. The third-order valence-electron chi connectivity index (χ3n) is 5.91. The van der Waals surface area contributed by atoms with E-state index in [1.807, 2.05) is 0 Å². The molecule has 2 unspecified atom stereocenters. The molecule has 192 valence electrons. The number of aromatic nitrogens is 2. The first-order chi connectivity index (χ1) is 16.7. The SMILES string of the molecule is O=C(NCc1ccc(OC(F)(F)F)cc1F)N(C1CC1)C1CC(CO)CN(c2noc(CO)n2)C1. The molecule has 1 aliphatic heterocycles. The summed E-state index contributed by atoms with van der Waals surface area (Å²) in [5.41, 5.74) is 0.00505. The number of ether oxygens (including phenoxy) is 1. The highest BCUT2D eigenvalue weighted by Crippen LogP contribution is 2.33. The van der Waals surface area contributed by atoms with Crippen molar-refractivity contribution >= 4 is 12.0 Å². The Morgan fingerprint density at radius 2 is 2.03 bits per heavy atom. The van der Waals surface area contributed by atoms with Crippen LogP contribution < -0.4 is 15.0 Å². The van der Waals surface area contributed by atoms with Crippen LogP contribution in [0.3, 0.4) is 0 Å². The van der Waals surface area contributed by atoms with Crippen molar-refractivity contribution in [3.8, 4) is 5.75 Å². The summed E-state index contributed by atoms with van der Waals surface area (Å²) >= 11 is 0. The first-order valence-electron chi connectivity index (χ1n) is 11.1. The van der Waals surface area contributed by atoms with Crippen LogP contribution in [0.2, 0.25) is 0 Å². The first-order valence-corrected chi connectivity index (χ1v) is 11.1. The Hall–Kier alpha value is -3.13. The van der Waals surface area contributed by atoms with Gasteiger partial charge in [0.05, 0.1) is 6.04 Å². The fourth-order valence-electron chi connectivity index (χ4n) is 4.22. The second kappa shape index (κ2) is 10.2. The lowest BCUT2D eigenvalue weighted by Crippen LogP contribution is -2.56. The number of alkyl halides is 3. The lowest BCUT2D eigenvalue weighted by atomic mass is 9.94. The summed E-state index contributed by atoms with van der Waals surface area (Å²) in [6, 6.07) is 1.94. The zero-order valence-corrected chi connectivity index (χ0v) is 18.5. The number of aliphatic hydroxyl groups excluding tert-OH is 2. The van der Waals surface area contributed by atoms with Gasteiger partial charge in [0.1, 0.15) is 18.2 Å². The molecule has 35 heavy (non-hydrogen) atoms. The lowest BCUT2D eigenvalue weighted by molar-refractivity contribution is -0.274. The van der Waals surface area contributed by atoms with Crippen molar-refractivity contribution in [2.24, 2.45) is 5.92 Å². The summed E-state index contributed by atoms with van der Waals surface area (Å²) in [5, 5.41) is 25.5. The molecule has 0 bridgehead atoms. The molecule has 0 spiro atoms. The fourth-order valence-corrected chi connectivity index (χ4v) is 4.22. The Morgan fingerprint density at radius 1 is 1.26 bits per heavy atom. The number of halogens is 4. The smallest absolute Gasteiger partial charge is 0.406 e. The summed E-state index contributed by atoms with van der Waals surface area (Å²) in [5.74, 6) is -1.50. The van der Waals surface area contributed by atoms with Crippen LogP contribution in [0.1, 0.15) is 30.7 Å². The van der Waals surface area contributed by atoms with Crippen molar-refractivity contribution in [2.45, 2.75) is 50.9 Å². The van der Waals surface area contributed by atoms with Crippen LogP contribution in [0.4, 0.5) is 28.3 Å². The zero-order valence-electron chi connectivity index (χ0n) is 18.5. The number of piperidine rings is 1. The maximum absolute atomic E-state index is 14.3. The Labute approximate surface area is 197 Å². The minimum Gasteiger partial charge on any atom is -0.406 e. The van der Waals surface area contributed by atoms with E-state index in [-0.39, 0.29) is 48.6 Å². The van der Waals surface area contributed by atoms with Gasteiger partial charge >= 0.3 is 12.4 Å². The van der Waals surface area contributed by atoms with Crippen molar-refractivity contribution < 1.29 is 41.8 Å². The van der Waals surface area contributed by atoms with E-state index in [1.54, 1.807) is 9.80 Å². The normalized spacial score (nSPS) is 20.6. The molecule has 2 heterocycles. The number of nitrogens with zero attached hydrogens (tertiary/aromatic N) is 4. The van der Waals surface area contributed by atoms with Gasteiger partial charge in [-0.05, 0) is 30.5 Å². The van der Waals surface area contributed by atoms with E-state index < -0.39 is 30.6 Å². The van der Waals surface area contributed by atoms with Crippen molar-refractivity contribution in [2.75, 3.05) is 24.6 Å². The molecule has 2 aromatic rings. The van der Waals surface area contributed by atoms with E-state index in [4.69, 9.17) is 4.52 Å². The van der Waals surface area contributed by atoms with E-state index >= 15 is 0 Å². The highest BCUT2D eigenvalue weighted by Gasteiger charge is 2.41. The molecule has 1 saturated heterocycles. The van der Waals surface area contributed by atoms with Gasteiger partial charge in [-0.3, -0.25) is 0 Å². The first kappa shape index (κ1) is 25.0. The van der Waals surface area contributed by atoms with Gasteiger partial charge in [-0.25, -0.2) is 9.18 Å². The number of hydrogen-bond donors (Lipinski definition) is 3. The second-order valence-corrected chi connectivity index (χ2v) is 8.59. The van der Waals surface area contributed by atoms with Crippen LogP contribution in [0.5, 0.6) is 5.75 Å². The Morgan fingerprint density at radius 3 is 2.63 bits per heavy atom. The minimum atomic E-state index is -4.94. The number of hydrogen-bond acceptors (Lipinski definition) is 8. The standard InChI is InChI=1S/C21H25F4N5O5/c22-17-6-16(34-21(23,24)25)4-1-13(17)7-26-20(33)30(14-2-3-14)15-5-12(10-31)8-29(9-15)19-27-18(11-32)35-28-19/h1,4,6,12,14-15,31-32H,2-3,5,7-11H2,(H,26,33). The van der Waals surface area contributed by atoms with E-state index in [1.165, 1.54) is 0 Å². The Bertz CT molecular complexity index is 1030. The van der Waals surface area contributed by atoms with Crippen LogP contribution in [0, 0.1) is 11.7 Å². The van der Waals surface area contributed by atoms with Gasteiger partial charge < -0.3 is 34.6 Å². The number of aliphatic hydroxyl groups is 2. The van der Waals surface area contributed by atoms with Gasteiger partial charge in [-0.1, -0.05) is 6.07 Å². The van der Waals surface area contributed by atoms with Crippen LogP contribution >= 0.6 is 0 Å². The summed E-state index contributed by atoms with van der Waals surface area (Å²) in [6.07, 6.45) is -2.82. The summed E-state index contributed by atoms with van der Waals surface area (Å²) in [7, 11) is 0. The molecule has 1 aromatic heterocycles. The molecule has 2 aliphatic rings. The van der Waals surface area contributed by atoms with Gasteiger partial charge in [0.25, 0.3) is 11.8 Å². The minimum absolute atomic E-state index is 0.00505. The molecule has 14 heteroatoms. The van der Waals surface area contributed by atoms with Crippen LogP contribution in [0.15, 0.2) is 22.7 Å². The van der Waals surface area contributed by atoms with Gasteiger partial charge in [0.2, 0.25) is 0 Å². The molecule has 1 saturated carbocycles. The van der Waals surface area contributed by atoms with Crippen molar-refractivity contribution in [3.63, 3.8) is 0 Å². The van der Waals surface area contributed by atoms with Gasteiger partial charge in [0, 0.05) is 49.8 Å². The zero-order chi connectivity index (χ0) is 25.2. The summed E-state index contributed by atoms with van der Waals surface area (Å²) in [4.78, 5) is 20.7. The number of nitrogens with one attached hydrogen (secondary N) is 1. The molecule has 3 N–H and O–H groups in total. The number of anilines is 1. The maximum Gasteiger partial charge on any atom is 0.573 e. The molecule has 2 fully saturated rings. The Balaban J connectivity index is 1.43. The lowest BCUT2D eigenvalue weighted by Gasteiger charge is -2.42. The Kier molecular flexibility index (Phi) is 7.31. The third kappa shape index (κ3) is 6.31. The number of urea groups is 1. The largest absolute Gasteiger partial charge is 0.573 e. The number of carbonyl (C=O) groups excluding carboxylic acids is 1. The predicted octanol–water partition coefficient (Wildman–Crippen LogP) is 2.16. The van der Waals surface area contributed by atoms with Gasteiger partial charge in [-0.15, -0.1) is 13.2 Å². The molecular formula is C21H25F4N5O5. The van der Waals surface area contributed by atoms with Crippen molar-refractivity contribution in [3.05, 3.63) is 35.5 Å². The van der Waals surface area contributed by atoms with E-state index in [0.717, 1.165) is 25.0 Å². The van der Waals surface area contributed by atoms with Crippen molar-refractivity contribution in [1.82, 2.24) is 20.4 Å². The number of amides is 2. The quantitative estimate of drug-likeness (QED) is 0.469. The highest BCUT2D eigenvalue weighted by atomic mass is 19.4. The van der Waals surface area contributed by atoms with E-state index in [2.05, 4.69) is 20.2 Å². The molecule has 1 aromatic carbocycles. The highest BCUT2D eigenvalue weighted by molar-refractivity contribution is 5.75. The van der Waals surface area contributed by atoms with Crippen molar-refractivity contribution in [1.29, 1.82) is 0 Å². The third-order valence-corrected chi connectivity index (χ3v) is 5.91. The van der Waals surface area contributed by atoms with E-state index in [9.17, 15) is 32.6 Å². The maximum atomic E-state index is 14.3. The van der Waals surface area contributed by atoms with Gasteiger partial charge in [-0.2, -0.15) is 4.98 Å². The molecule has 10 nitrogen and oxygen atoms in total. The predicted molar refractivity (Wildman–Crippen MR) is 112 cm³/mol. The average molecular weight is 503 g/mol. The average Bonchev–Trinajstić information content (AvgIpc) is 3.51. The molecule has 4 rings (SSSR count). The molecule has 2 atom stereocenters. The van der Waals surface area contributed by atoms with Gasteiger partial charge in [0.15, 0.2) is 0 Å². The molecule has 2 amide bonds. The monoisotopic (exact) mass is 503 g/mol. The molecule has 1 aliphatic carbocycles. The number of carbonyl (C=O) groups is 1. The summed E-state index contributed by atoms with van der Waals surface area (Å²) in [6.45, 7) is 0.0437. The number of benzene rings is 1. The van der Waals surface area contributed by atoms with E-state index in [0.29, 0.717) is 25.6 Å². The topological polar surface area (TPSA) is 124 Å². The molecular weight excluding hydrogens is 478 g/mol. The van der Waals surface area contributed by atoms with Crippen LogP contribution in [-0.2, 0) is 13.2 Å².